The molecule has 5 nitrogen and oxygen atoms in total. The van der Waals surface area contributed by atoms with Crippen LogP contribution < -0.4 is 5.32 Å². The molecule has 1 aliphatic rings. The Morgan fingerprint density at radius 3 is 2.62 bits per heavy atom. The number of rotatable bonds is 3. The van der Waals surface area contributed by atoms with Crippen LogP contribution in [0.2, 0.25) is 0 Å². The van der Waals surface area contributed by atoms with Gasteiger partial charge in [-0.3, -0.25) is 4.90 Å². The second kappa shape index (κ2) is 7.63. The van der Waals surface area contributed by atoms with Crippen LogP contribution in [0.1, 0.15) is 16.3 Å². The lowest BCUT2D eigenvalue weighted by atomic mass is 10.2. The smallest absolute Gasteiger partial charge is 0.322 e. The molecule has 2 amide bonds. The van der Waals surface area contributed by atoms with E-state index in [9.17, 15) is 18.0 Å². The molecule has 2 heterocycles. The zero-order chi connectivity index (χ0) is 18.7. The zero-order valence-corrected chi connectivity index (χ0v) is 15.0. The maximum Gasteiger partial charge on any atom is 0.416 e. The second-order valence-electron chi connectivity index (χ2n) is 6.13. The number of hydrogen-bond acceptors (Lipinski definition) is 4. The summed E-state index contributed by atoms with van der Waals surface area (Å²) >= 11 is 1.61. The molecule has 1 fully saturated rings. The van der Waals surface area contributed by atoms with Crippen LogP contribution in [0, 0.1) is 6.92 Å². The molecule has 1 N–H and O–H groups in total. The molecule has 0 atom stereocenters. The molecule has 1 saturated heterocycles. The Kier molecular flexibility index (Phi) is 5.47. The molecule has 26 heavy (non-hydrogen) atoms. The van der Waals surface area contributed by atoms with E-state index < -0.39 is 11.7 Å². The Morgan fingerprint density at radius 2 is 2.00 bits per heavy atom. The maximum atomic E-state index is 12.8. The second-order valence-corrected chi connectivity index (χ2v) is 7.19. The summed E-state index contributed by atoms with van der Waals surface area (Å²) in [5.41, 5.74) is 0.387. The highest BCUT2D eigenvalue weighted by molar-refractivity contribution is 7.09. The Bertz CT molecular complexity index is 769. The molecule has 1 aromatic carbocycles. The van der Waals surface area contributed by atoms with Gasteiger partial charge in [0.25, 0.3) is 0 Å². The Hall–Kier alpha value is -2.13. The van der Waals surface area contributed by atoms with Crippen molar-refractivity contribution >= 4 is 23.1 Å². The van der Waals surface area contributed by atoms with Gasteiger partial charge >= 0.3 is 12.2 Å². The standard InChI is InChI=1S/C17H19F3N4OS/c1-12-21-15(11-26-12)10-23-5-7-24(8-6-23)16(25)22-14-4-2-3-13(9-14)17(18,19)20/h2-4,9,11H,5-8,10H2,1H3,(H,22,25). The number of aryl methyl sites for hydroxylation is 1. The fourth-order valence-electron chi connectivity index (χ4n) is 2.79. The number of benzene rings is 1. The summed E-state index contributed by atoms with van der Waals surface area (Å²) in [5.74, 6) is 0. The summed E-state index contributed by atoms with van der Waals surface area (Å²) in [4.78, 5) is 20.6. The first kappa shape index (κ1) is 18.7. The third-order valence-corrected chi connectivity index (χ3v) is 4.98. The highest BCUT2D eigenvalue weighted by Crippen LogP contribution is 2.30. The number of anilines is 1. The fourth-order valence-corrected chi connectivity index (χ4v) is 3.40. The summed E-state index contributed by atoms with van der Waals surface area (Å²) < 4.78 is 38.3. The van der Waals surface area contributed by atoms with Gasteiger partial charge in [-0.2, -0.15) is 13.2 Å². The summed E-state index contributed by atoms with van der Waals surface area (Å²) in [5, 5.41) is 5.61. The van der Waals surface area contributed by atoms with Gasteiger partial charge < -0.3 is 10.2 Å². The third-order valence-electron chi connectivity index (χ3n) is 4.15. The quantitative estimate of drug-likeness (QED) is 0.875. The van der Waals surface area contributed by atoms with E-state index in [-0.39, 0.29) is 11.7 Å². The van der Waals surface area contributed by atoms with E-state index >= 15 is 0 Å². The summed E-state index contributed by atoms with van der Waals surface area (Å²) in [7, 11) is 0. The van der Waals surface area contributed by atoms with E-state index in [0.717, 1.165) is 29.4 Å². The van der Waals surface area contributed by atoms with Crippen molar-refractivity contribution < 1.29 is 18.0 Å². The van der Waals surface area contributed by atoms with E-state index in [1.807, 2.05) is 12.3 Å². The number of carbonyl (C=O) groups is 1. The van der Waals surface area contributed by atoms with E-state index in [0.29, 0.717) is 26.2 Å². The van der Waals surface area contributed by atoms with Crippen LogP contribution in [0.5, 0.6) is 0 Å². The lowest BCUT2D eigenvalue weighted by molar-refractivity contribution is -0.137. The van der Waals surface area contributed by atoms with Crippen LogP contribution in [0.25, 0.3) is 0 Å². The Balaban J connectivity index is 1.52. The minimum absolute atomic E-state index is 0.144. The van der Waals surface area contributed by atoms with Crippen LogP contribution in [-0.4, -0.2) is 47.0 Å². The molecule has 0 spiro atoms. The predicted octanol–water partition coefficient (Wildman–Crippen LogP) is 3.82. The van der Waals surface area contributed by atoms with Gasteiger partial charge in [0.05, 0.1) is 16.3 Å². The molecule has 0 aliphatic carbocycles. The van der Waals surface area contributed by atoms with Gasteiger partial charge in [-0.15, -0.1) is 11.3 Å². The van der Waals surface area contributed by atoms with Crippen molar-refractivity contribution in [2.45, 2.75) is 19.6 Å². The first-order valence-electron chi connectivity index (χ1n) is 8.18. The highest BCUT2D eigenvalue weighted by atomic mass is 32.1. The Morgan fingerprint density at radius 1 is 1.27 bits per heavy atom. The predicted molar refractivity (Wildman–Crippen MR) is 94.2 cm³/mol. The molecule has 3 rings (SSSR count). The van der Waals surface area contributed by atoms with Crippen molar-refractivity contribution in [2.75, 3.05) is 31.5 Å². The monoisotopic (exact) mass is 384 g/mol. The SMILES string of the molecule is Cc1nc(CN2CCN(C(=O)Nc3cccc(C(F)(F)F)c3)CC2)cs1. The van der Waals surface area contributed by atoms with Crippen LogP contribution in [0.3, 0.4) is 0 Å². The van der Waals surface area contributed by atoms with Crippen molar-refractivity contribution in [3.8, 4) is 0 Å². The summed E-state index contributed by atoms with van der Waals surface area (Å²) in [6.07, 6.45) is -4.43. The zero-order valence-electron chi connectivity index (χ0n) is 14.2. The van der Waals surface area contributed by atoms with E-state index in [4.69, 9.17) is 0 Å². The van der Waals surface area contributed by atoms with Crippen LogP contribution >= 0.6 is 11.3 Å². The molecule has 1 aliphatic heterocycles. The molecule has 2 aromatic rings. The maximum absolute atomic E-state index is 12.8. The minimum atomic E-state index is -4.43. The van der Waals surface area contributed by atoms with Gasteiger partial charge in [-0.25, -0.2) is 9.78 Å². The van der Waals surface area contributed by atoms with Gasteiger partial charge in [0.1, 0.15) is 0 Å². The van der Waals surface area contributed by atoms with Crippen molar-refractivity contribution in [1.82, 2.24) is 14.8 Å². The van der Waals surface area contributed by atoms with E-state index in [2.05, 4.69) is 15.2 Å². The van der Waals surface area contributed by atoms with Crippen molar-refractivity contribution in [3.63, 3.8) is 0 Å². The van der Waals surface area contributed by atoms with Crippen molar-refractivity contribution in [3.05, 3.63) is 45.9 Å². The van der Waals surface area contributed by atoms with Crippen LogP contribution in [-0.2, 0) is 12.7 Å². The normalized spacial score (nSPS) is 15.9. The molecular formula is C17H19F3N4OS. The average Bonchev–Trinajstić information content (AvgIpc) is 3.00. The molecule has 1 aromatic heterocycles. The number of hydrogen-bond donors (Lipinski definition) is 1. The van der Waals surface area contributed by atoms with Crippen LogP contribution in [0.15, 0.2) is 29.6 Å². The first-order chi connectivity index (χ1) is 12.3. The molecule has 0 radical (unpaired) electrons. The lowest BCUT2D eigenvalue weighted by Crippen LogP contribution is -2.49. The third kappa shape index (κ3) is 4.73. The number of carbonyl (C=O) groups excluding carboxylic acids is 1. The van der Waals surface area contributed by atoms with E-state index in [1.54, 1.807) is 16.2 Å². The van der Waals surface area contributed by atoms with Gasteiger partial charge in [0.2, 0.25) is 0 Å². The molecule has 0 unspecified atom stereocenters. The van der Waals surface area contributed by atoms with Gasteiger partial charge in [-0.1, -0.05) is 6.07 Å². The van der Waals surface area contributed by atoms with Crippen molar-refractivity contribution in [2.24, 2.45) is 0 Å². The number of piperazine rings is 1. The molecule has 140 valence electrons. The number of nitrogens with zero attached hydrogens (tertiary/aromatic N) is 3. The molecule has 0 bridgehead atoms. The number of aromatic nitrogens is 1. The summed E-state index contributed by atoms with van der Waals surface area (Å²) in [6, 6.07) is 4.28. The molecule has 9 heteroatoms. The number of alkyl halides is 3. The van der Waals surface area contributed by atoms with E-state index in [1.165, 1.54) is 12.1 Å². The topological polar surface area (TPSA) is 48.5 Å². The number of halogens is 3. The highest BCUT2D eigenvalue weighted by Gasteiger charge is 2.30. The van der Waals surface area contributed by atoms with Gasteiger partial charge in [-0.05, 0) is 25.1 Å². The number of amides is 2. The summed E-state index contributed by atoms with van der Waals surface area (Å²) in [6.45, 7) is 5.15. The lowest BCUT2D eigenvalue weighted by Gasteiger charge is -2.34. The fraction of sp³-hybridized carbons (Fsp3) is 0.412. The number of urea groups is 1. The van der Waals surface area contributed by atoms with Crippen molar-refractivity contribution in [1.29, 1.82) is 0 Å². The minimum Gasteiger partial charge on any atom is -0.322 e. The number of thiazole rings is 1. The van der Waals surface area contributed by atoms with Gasteiger partial charge in [0.15, 0.2) is 0 Å². The molecular weight excluding hydrogens is 365 g/mol. The Labute approximate surface area is 153 Å². The molecule has 0 saturated carbocycles. The number of nitrogens with one attached hydrogen (secondary N) is 1. The van der Waals surface area contributed by atoms with Gasteiger partial charge in [0, 0.05) is 43.8 Å². The average molecular weight is 384 g/mol. The largest absolute Gasteiger partial charge is 0.416 e. The van der Waals surface area contributed by atoms with Crippen LogP contribution in [0.4, 0.5) is 23.7 Å². The first-order valence-corrected chi connectivity index (χ1v) is 9.06.